The summed E-state index contributed by atoms with van der Waals surface area (Å²) in [5.41, 5.74) is 0. The van der Waals surface area contributed by atoms with Gasteiger partial charge in [0.1, 0.15) is 5.76 Å². The molecule has 0 saturated heterocycles. The van der Waals surface area contributed by atoms with Gasteiger partial charge in [-0.1, -0.05) is 11.8 Å². The maximum Gasteiger partial charge on any atom is 0.289 e. The van der Waals surface area contributed by atoms with E-state index in [0.29, 0.717) is 30.5 Å². The standard InChI is InChI=1S/C12H17F2NO3S/c1-8(16)5-6-15(2)11(17)10-4-3-9(18-10)7-19-12(13)14/h3-4,8,12,16H,5-7H2,1-2H3. The fraction of sp³-hybridized carbons (Fsp3) is 0.583. The molecule has 0 aromatic carbocycles. The summed E-state index contributed by atoms with van der Waals surface area (Å²) >= 11 is 0.447. The number of hydrogen-bond acceptors (Lipinski definition) is 4. The molecule has 1 amide bonds. The second kappa shape index (κ2) is 7.49. The molecule has 4 nitrogen and oxygen atoms in total. The number of aliphatic hydroxyl groups excluding tert-OH is 1. The van der Waals surface area contributed by atoms with Gasteiger partial charge in [-0.05, 0) is 25.5 Å². The maximum atomic E-state index is 12.0. The van der Waals surface area contributed by atoms with Crippen LogP contribution in [0.5, 0.6) is 0 Å². The van der Waals surface area contributed by atoms with Gasteiger partial charge in [0.2, 0.25) is 0 Å². The van der Waals surface area contributed by atoms with Crippen molar-refractivity contribution in [2.75, 3.05) is 13.6 Å². The second-order valence-corrected chi connectivity index (χ2v) is 5.18. The molecule has 19 heavy (non-hydrogen) atoms. The van der Waals surface area contributed by atoms with E-state index in [0.717, 1.165) is 0 Å². The van der Waals surface area contributed by atoms with E-state index in [-0.39, 0.29) is 17.4 Å². The van der Waals surface area contributed by atoms with Crippen molar-refractivity contribution in [2.45, 2.75) is 31.0 Å². The third kappa shape index (κ3) is 5.61. The Hall–Kier alpha value is -1.08. The van der Waals surface area contributed by atoms with E-state index in [9.17, 15) is 13.6 Å². The van der Waals surface area contributed by atoms with Gasteiger partial charge in [0, 0.05) is 13.6 Å². The molecule has 108 valence electrons. The van der Waals surface area contributed by atoms with Gasteiger partial charge in [-0.15, -0.1) is 0 Å². The highest BCUT2D eigenvalue weighted by atomic mass is 32.2. The van der Waals surface area contributed by atoms with Crippen molar-refractivity contribution < 1.29 is 23.1 Å². The average molecular weight is 293 g/mol. The van der Waals surface area contributed by atoms with E-state index in [1.54, 1.807) is 14.0 Å². The van der Waals surface area contributed by atoms with E-state index in [1.807, 2.05) is 0 Å². The summed E-state index contributed by atoms with van der Waals surface area (Å²) in [4.78, 5) is 13.3. The molecular weight excluding hydrogens is 276 g/mol. The average Bonchev–Trinajstić information content (AvgIpc) is 2.81. The molecule has 1 unspecified atom stereocenters. The third-order valence-corrected chi connectivity index (χ3v) is 3.16. The summed E-state index contributed by atoms with van der Waals surface area (Å²) in [6, 6.07) is 2.99. The molecule has 0 radical (unpaired) electrons. The summed E-state index contributed by atoms with van der Waals surface area (Å²) in [6.07, 6.45) is -0.0123. The molecule has 1 atom stereocenters. The largest absolute Gasteiger partial charge is 0.455 e. The molecule has 0 aliphatic rings. The van der Waals surface area contributed by atoms with Gasteiger partial charge in [0.15, 0.2) is 5.76 Å². The van der Waals surface area contributed by atoms with Gasteiger partial charge in [-0.25, -0.2) is 0 Å². The Morgan fingerprint density at radius 3 is 2.79 bits per heavy atom. The number of rotatable bonds is 7. The Bertz CT molecular complexity index is 409. The molecule has 0 bridgehead atoms. The fourth-order valence-corrected chi connectivity index (χ4v) is 1.83. The number of hydrogen-bond donors (Lipinski definition) is 1. The first kappa shape index (κ1) is 16.0. The summed E-state index contributed by atoms with van der Waals surface area (Å²) in [7, 11) is 1.60. The molecule has 1 aromatic rings. The van der Waals surface area contributed by atoms with Crippen molar-refractivity contribution >= 4 is 17.7 Å². The Kier molecular flexibility index (Phi) is 6.30. The Morgan fingerprint density at radius 1 is 1.53 bits per heavy atom. The van der Waals surface area contributed by atoms with Crippen LogP contribution in [0.15, 0.2) is 16.5 Å². The number of carbonyl (C=O) groups excluding carboxylic acids is 1. The SMILES string of the molecule is CC(O)CCN(C)C(=O)c1ccc(CSC(F)F)o1. The quantitative estimate of drug-likeness (QED) is 0.839. The van der Waals surface area contributed by atoms with Gasteiger partial charge in [0.25, 0.3) is 11.7 Å². The predicted octanol–water partition coefficient (Wildman–Crippen LogP) is 2.58. The predicted molar refractivity (Wildman–Crippen MR) is 69.3 cm³/mol. The minimum Gasteiger partial charge on any atom is -0.455 e. The third-order valence-electron chi connectivity index (χ3n) is 2.45. The van der Waals surface area contributed by atoms with Crippen molar-refractivity contribution in [3.63, 3.8) is 0 Å². The Labute approximate surface area is 114 Å². The monoisotopic (exact) mass is 293 g/mol. The van der Waals surface area contributed by atoms with Crippen LogP contribution in [-0.4, -0.2) is 41.4 Å². The number of halogens is 2. The Balaban J connectivity index is 2.52. The number of nitrogens with zero attached hydrogens (tertiary/aromatic N) is 1. The highest BCUT2D eigenvalue weighted by Crippen LogP contribution is 2.21. The van der Waals surface area contributed by atoms with E-state index in [4.69, 9.17) is 9.52 Å². The lowest BCUT2D eigenvalue weighted by molar-refractivity contribution is 0.0736. The van der Waals surface area contributed by atoms with Crippen molar-refractivity contribution in [3.05, 3.63) is 23.7 Å². The minimum absolute atomic E-state index is 0.0301. The van der Waals surface area contributed by atoms with Crippen LogP contribution in [-0.2, 0) is 5.75 Å². The van der Waals surface area contributed by atoms with E-state index in [1.165, 1.54) is 17.0 Å². The topological polar surface area (TPSA) is 53.7 Å². The van der Waals surface area contributed by atoms with Gasteiger partial charge in [-0.2, -0.15) is 8.78 Å². The first-order chi connectivity index (χ1) is 8.90. The number of carbonyl (C=O) groups is 1. The number of alkyl halides is 2. The lowest BCUT2D eigenvalue weighted by Gasteiger charge is -2.16. The molecule has 1 N–H and O–H groups in total. The minimum atomic E-state index is -2.46. The second-order valence-electron chi connectivity index (χ2n) is 4.20. The fourth-order valence-electron chi connectivity index (χ4n) is 1.39. The molecule has 0 saturated carbocycles. The van der Waals surface area contributed by atoms with Crippen molar-refractivity contribution in [2.24, 2.45) is 0 Å². The van der Waals surface area contributed by atoms with Gasteiger partial charge >= 0.3 is 0 Å². The molecular formula is C12H17F2NO3S. The van der Waals surface area contributed by atoms with Crippen LogP contribution in [0.25, 0.3) is 0 Å². The summed E-state index contributed by atoms with van der Waals surface area (Å²) < 4.78 is 29.2. The van der Waals surface area contributed by atoms with Crippen LogP contribution >= 0.6 is 11.8 Å². The van der Waals surface area contributed by atoms with E-state index in [2.05, 4.69) is 0 Å². The molecule has 1 aromatic heterocycles. The van der Waals surface area contributed by atoms with Gasteiger partial charge in [-0.3, -0.25) is 4.79 Å². The molecule has 1 rings (SSSR count). The molecule has 0 aliphatic carbocycles. The Morgan fingerprint density at radius 2 is 2.21 bits per heavy atom. The summed E-state index contributed by atoms with van der Waals surface area (Å²) in [5.74, 6) is -2.29. The van der Waals surface area contributed by atoms with Crippen molar-refractivity contribution in [1.82, 2.24) is 4.90 Å². The molecule has 1 heterocycles. The zero-order valence-corrected chi connectivity index (χ0v) is 11.6. The van der Waals surface area contributed by atoms with Gasteiger partial charge in [0.05, 0.1) is 11.9 Å². The van der Waals surface area contributed by atoms with Crippen molar-refractivity contribution in [3.8, 4) is 0 Å². The van der Waals surface area contributed by atoms with Crippen LogP contribution in [0, 0.1) is 0 Å². The van der Waals surface area contributed by atoms with Crippen LogP contribution in [0.2, 0.25) is 0 Å². The van der Waals surface area contributed by atoms with Crippen LogP contribution in [0.4, 0.5) is 8.78 Å². The van der Waals surface area contributed by atoms with Crippen LogP contribution < -0.4 is 0 Å². The van der Waals surface area contributed by atoms with E-state index >= 15 is 0 Å². The van der Waals surface area contributed by atoms with Crippen LogP contribution in [0.1, 0.15) is 29.7 Å². The normalized spacial score (nSPS) is 12.7. The number of furan rings is 1. The molecule has 0 spiro atoms. The van der Waals surface area contributed by atoms with Crippen LogP contribution in [0.3, 0.4) is 0 Å². The molecule has 0 fully saturated rings. The number of amides is 1. The first-order valence-corrected chi connectivity index (χ1v) is 6.87. The van der Waals surface area contributed by atoms with Crippen molar-refractivity contribution in [1.29, 1.82) is 0 Å². The zero-order valence-electron chi connectivity index (χ0n) is 10.8. The maximum absolute atomic E-state index is 12.0. The number of aliphatic hydroxyl groups is 1. The molecule has 7 heteroatoms. The molecule has 0 aliphatic heterocycles. The highest BCUT2D eigenvalue weighted by molar-refractivity contribution is 7.98. The van der Waals surface area contributed by atoms with E-state index < -0.39 is 11.9 Å². The highest BCUT2D eigenvalue weighted by Gasteiger charge is 2.17. The summed E-state index contributed by atoms with van der Waals surface area (Å²) in [5, 5.41) is 9.14. The smallest absolute Gasteiger partial charge is 0.289 e. The zero-order chi connectivity index (χ0) is 14.4. The summed E-state index contributed by atoms with van der Waals surface area (Å²) in [6.45, 7) is 2.04. The first-order valence-electron chi connectivity index (χ1n) is 5.82. The lowest BCUT2D eigenvalue weighted by atomic mass is 10.2. The number of thioether (sulfide) groups is 1. The lowest BCUT2D eigenvalue weighted by Crippen LogP contribution is -2.29. The van der Waals surface area contributed by atoms with Gasteiger partial charge < -0.3 is 14.4 Å².